The zero-order valence-corrected chi connectivity index (χ0v) is 13.0. The Bertz CT molecular complexity index is 495. The van der Waals surface area contributed by atoms with Crippen LogP contribution in [0.25, 0.3) is 0 Å². The second-order valence-electron chi connectivity index (χ2n) is 5.87. The van der Waals surface area contributed by atoms with Crippen LogP contribution in [0.4, 0.5) is 0 Å². The van der Waals surface area contributed by atoms with Crippen molar-refractivity contribution in [3.8, 4) is 17.2 Å². The molecule has 2 atom stereocenters. The van der Waals surface area contributed by atoms with Gasteiger partial charge in [0.15, 0.2) is 11.5 Å². The third-order valence-electron chi connectivity index (χ3n) is 4.64. The number of fused-ring (bicyclic) bond motifs is 1. The lowest BCUT2D eigenvalue weighted by Crippen LogP contribution is -2.25. The first-order valence-electron chi connectivity index (χ1n) is 7.47. The Morgan fingerprint density at radius 2 is 1.67 bits per heavy atom. The summed E-state index contributed by atoms with van der Waals surface area (Å²) in [6.45, 7) is 5.54. The average molecular weight is 292 g/mol. The van der Waals surface area contributed by atoms with E-state index in [0.717, 1.165) is 55.9 Å². The zero-order chi connectivity index (χ0) is 14.8. The Labute approximate surface area is 126 Å². The average Bonchev–Trinajstić information content (AvgIpc) is 3.07. The van der Waals surface area contributed by atoms with Crippen molar-refractivity contribution in [3.63, 3.8) is 0 Å². The van der Waals surface area contributed by atoms with E-state index in [2.05, 4.69) is 16.3 Å². The quantitative estimate of drug-likeness (QED) is 0.888. The monoisotopic (exact) mass is 292 g/mol. The molecule has 2 fully saturated rings. The molecule has 5 heteroatoms. The van der Waals surface area contributed by atoms with E-state index in [1.807, 2.05) is 6.07 Å². The number of hydrogen-bond donors (Lipinski definition) is 1. The Hall–Kier alpha value is -1.46. The highest BCUT2D eigenvalue weighted by molar-refractivity contribution is 5.55. The first-order valence-corrected chi connectivity index (χ1v) is 7.47. The van der Waals surface area contributed by atoms with Crippen LogP contribution in [0.15, 0.2) is 12.1 Å². The topological polar surface area (TPSA) is 43.0 Å². The third kappa shape index (κ3) is 2.68. The van der Waals surface area contributed by atoms with Crippen LogP contribution in [-0.2, 0) is 6.54 Å². The SMILES string of the molecule is COc1ccc(CN2CC3CNCC3C2)c(OC)c1OC. The van der Waals surface area contributed by atoms with Gasteiger partial charge in [0.25, 0.3) is 0 Å². The van der Waals surface area contributed by atoms with E-state index >= 15 is 0 Å². The van der Waals surface area contributed by atoms with Crippen LogP contribution in [0.2, 0.25) is 0 Å². The number of nitrogens with one attached hydrogen (secondary N) is 1. The first-order chi connectivity index (χ1) is 10.3. The lowest BCUT2D eigenvalue weighted by Gasteiger charge is -2.21. The number of methoxy groups -OCH3 is 3. The van der Waals surface area contributed by atoms with E-state index in [0.29, 0.717) is 11.5 Å². The van der Waals surface area contributed by atoms with Gasteiger partial charge in [-0.2, -0.15) is 0 Å². The highest BCUT2D eigenvalue weighted by Crippen LogP contribution is 2.40. The molecule has 2 heterocycles. The van der Waals surface area contributed by atoms with Gasteiger partial charge in [-0.25, -0.2) is 0 Å². The smallest absolute Gasteiger partial charge is 0.203 e. The van der Waals surface area contributed by atoms with Crippen molar-refractivity contribution < 1.29 is 14.2 Å². The second kappa shape index (κ2) is 6.12. The minimum atomic E-state index is 0.679. The molecule has 5 nitrogen and oxygen atoms in total. The summed E-state index contributed by atoms with van der Waals surface area (Å²) in [5, 5.41) is 3.48. The van der Waals surface area contributed by atoms with Crippen LogP contribution in [0, 0.1) is 11.8 Å². The molecule has 2 aliphatic heterocycles. The van der Waals surface area contributed by atoms with Gasteiger partial charge in [0.05, 0.1) is 21.3 Å². The van der Waals surface area contributed by atoms with Gasteiger partial charge in [-0.05, 0) is 31.0 Å². The normalized spacial score (nSPS) is 24.9. The fraction of sp³-hybridized carbons (Fsp3) is 0.625. The molecule has 1 aromatic rings. The maximum atomic E-state index is 5.57. The van der Waals surface area contributed by atoms with Gasteiger partial charge in [0.1, 0.15) is 0 Å². The predicted molar refractivity (Wildman–Crippen MR) is 81.2 cm³/mol. The summed E-state index contributed by atoms with van der Waals surface area (Å²) < 4.78 is 16.4. The summed E-state index contributed by atoms with van der Waals surface area (Å²) in [6.07, 6.45) is 0. The summed E-state index contributed by atoms with van der Waals surface area (Å²) in [7, 11) is 4.98. The lowest BCUT2D eigenvalue weighted by molar-refractivity contribution is 0.289. The predicted octanol–water partition coefficient (Wildman–Crippen LogP) is 1.36. The highest BCUT2D eigenvalue weighted by atomic mass is 16.5. The number of likely N-dealkylation sites (tertiary alicyclic amines) is 1. The van der Waals surface area contributed by atoms with Gasteiger partial charge >= 0.3 is 0 Å². The molecule has 0 radical (unpaired) electrons. The molecule has 0 bridgehead atoms. The molecule has 2 aliphatic rings. The van der Waals surface area contributed by atoms with Gasteiger partial charge in [0.2, 0.25) is 5.75 Å². The van der Waals surface area contributed by atoms with Gasteiger partial charge in [-0.1, -0.05) is 6.07 Å². The maximum absolute atomic E-state index is 5.57. The van der Waals surface area contributed by atoms with Crippen molar-refractivity contribution in [2.45, 2.75) is 6.54 Å². The Kier molecular flexibility index (Phi) is 4.22. The van der Waals surface area contributed by atoms with Crippen molar-refractivity contribution in [2.24, 2.45) is 11.8 Å². The van der Waals surface area contributed by atoms with Crippen LogP contribution >= 0.6 is 0 Å². The molecule has 116 valence electrons. The molecule has 0 spiro atoms. The number of benzene rings is 1. The summed E-state index contributed by atoms with van der Waals surface area (Å²) in [5.41, 5.74) is 1.16. The molecule has 2 saturated heterocycles. The first kappa shape index (κ1) is 14.5. The van der Waals surface area contributed by atoms with E-state index < -0.39 is 0 Å². The molecular formula is C16H24N2O3. The largest absolute Gasteiger partial charge is 0.493 e. The molecule has 0 aliphatic carbocycles. The summed E-state index contributed by atoms with van der Waals surface area (Å²) in [4.78, 5) is 2.51. The molecule has 3 rings (SSSR count). The zero-order valence-electron chi connectivity index (χ0n) is 13.0. The molecule has 0 amide bonds. The number of nitrogens with zero attached hydrogens (tertiary/aromatic N) is 1. The minimum absolute atomic E-state index is 0.679. The van der Waals surface area contributed by atoms with Gasteiger partial charge in [0, 0.05) is 25.2 Å². The van der Waals surface area contributed by atoms with E-state index in [1.54, 1.807) is 21.3 Å². The Morgan fingerprint density at radius 3 is 2.24 bits per heavy atom. The number of hydrogen-bond acceptors (Lipinski definition) is 5. The minimum Gasteiger partial charge on any atom is -0.493 e. The molecule has 1 aromatic carbocycles. The number of ether oxygens (including phenoxy) is 3. The lowest BCUT2D eigenvalue weighted by atomic mass is 10.0. The van der Waals surface area contributed by atoms with Gasteiger partial charge < -0.3 is 19.5 Å². The molecule has 2 unspecified atom stereocenters. The molecule has 0 saturated carbocycles. The van der Waals surface area contributed by atoms with Crippen molar-refractivity contribution in [2.75, 3.05) is 47.5 Å². The standard InChI is InChI=1S/C16H24N2O3/c1-19-14-5-4-11(15(20-2)16(14)21-3)8-18-9-12-6-17-7-13(12)10-18/h4-5,12-13,17H,6-10H2,1-3H3. The third-order valence-corrected chi connectivity index (χ3v) is 4.64. The summed E-state index contributed by atoms with van der Waals surface area (Å²) >= 11 is 0. The Morgan fingerprint density at radius 1 is 1.00 bits per heavy atom. The summed E-state index contributed by atoms with van der Waals surface area (Å²) in [6, 6.07) is 4.03. The van der Waals surface area contributed by atoms with E-state index in [9.17, 15) is 0 Å². The maximum Gasteiger partial charge on any atom is 0.203 e. The van der Waals surface area contributed by atoms with Crippen molar-refractivity contribution in [3.05, 3.63) is 17.7 Å². The van der Waals surface area contributed by atoms with Crippen LogP contribution in [-0.4, -0.2) is 52.4 Å². The number of rotatable bonds is 5. The molecule has 1 N–H and O–H groups in total. The van der Waals surface area contributed by atoms with E-state index in [4.69, 9.17) is 14.2 Å². The van der Waals surface area contributed by atoms with Crippen LogP contribution in [0.3, 0.4) is 0 Å². The van der Waals surface area contributed by atoms with Gasteiger partial charge in [-0.3, -0.25) is 4.90 Å². The van der Waals surface area contributed by atoms with E-state index in [-0.39, 0.29) is 0 Å². The fourth-order valence-electron chi connectivity index (χ4n) is 3.61. The molecule has 21 heavy (non-hydrogen) atoms. The van der Waals surface area contributed by atoms with Crippen LogP contribution in [0.5, 0.6) is 17.2 Å². The molecular weight excluding hydrogens is 268 g/mol. The van der Waals surface area contributed by atoms with Crippen LogP contribution in [0.1, 0.15) is 5.56 Å². The van der Waals surface area contributed by atoms with Crippen molar-refractivity contribution >= 4 is 0 Å². The summed E-state index contributed by atoms with van der Waals surface area (Å²) in [5.74, 6) is 3.78. The van der Waals surface area contributed by atoms with Crippen LogP contribution < -0.4 is 19.5 Å². The Balaban J connectivity index is 1.79. The molecule has 0 aromatic heterocycles. The highest BCUT2D eigenvalue weighted by Gasteiger charge is 2.36. The fourth-order valence-corrected chi connectivity index (χ4v) is 3.61. The van der Waals surface area contributed by atoms with Gasteiger partial charge in [-0.15, -0.1) is 0 Å². The second-order valence-corrected chi connectivity index (χ2v) is 5.87. The van der Waals surface area contributed by atoms with E-state index in [1.165, 1.54) is 0 Å². The van der Waals surface area contributed by atoms with Crippen molar-refractivity contribution in [1.29, 1.82) is 0 Å². The van der Waals surface area contributed by atoms with Crippen molar-refractivity contribution in [1.82, 2.24) is 10.2 Å².